The predicted molar refractivity (Wildman–Crippen MR) is 36.6 cm³/mol. The molecule has 1 heterocycles. The summed E-state index contributed by atoms with van der Waals surface area (Å²) in [6.07, 6.45) is 4.65. The Kier molecular flexibility index (Phi) is 2.63. The Morgan fingerprint density at radius 3 is 2.70 bits per heavy atom. The molecule has 0 saturated heterocycles. The van der Waals surface area contributed by atoms with Crippen molar-refractivity contribution in [1.29, 1.82) is 0 Å². The lowest BCUT2D eigenvalue weighted by molar-refractivity contribution is 0.325. The van der Waals surface area contributed by atoms with Crippen molar-refractivity contribution in [2.45, 2.75) is 0 Å². The van der Waals surface area contributed by atoms with Gasteiger partial charge in [-0.3, -0.25) is 0 Å². The summed E-state index contributed by atoms with van der Waals surface area (Å²) in [4.78, 5) is 7.52. The third-order valence-electron chi connectivity index (χ3n) is 0.923. The van der Waals surface area contributed by atoms with Gasteiger partial charge in [-0.05, 0) is 0 Å². The number of ether oxygens (including phenoxy) is 1. The molecule has 0 aliphatic carbocycles. The molecule has 0 spiro atoms. The van der Waals surface area contributed by atoms with E-state index in [1.807, 2.05) is 0 Å². The van der Waals surface area contributed by atoms with Gasteiger partial charge >= 0.3 is 0 Å². The molecule has 0 aromatic carbocycles. The largest absolute Gasteiger partial charge is 0.489 e. The Morgan fingerprint density at radius 1 is 1.40 bits per heavy atom. The van der Waals surface area contributed by atoms with E-state index in [0.29, 0.717) is 18.9 Å². The van der Waals surface area contributed by atoms with Gasteiger partial charge in [-0.15, -0.1) is 0 Å². The highest BCUT2D eigenvalue weighted by Gasteiger charge is 1.88. The fourth-order valence-electron chi connectivity index (χ4n) is 0.537. The van der Waals surface area contributed by atoms with Crippen molar-refractivity contribution in [3.8, 4) is 5.75 Å². The SMILES string of the molecule is NCCOc1cncnc1. The topological polar surface area (TPSA) is 61.0 Å². The van der Waals surface area contributed by atoms with E-state index < -0.39 is 0 Å². The van der Waals surface area contributed by atoms with E-state index in [0.717, 1.165) is 0 Å². The first kappa shape index (κ1) is 6.95. The summed E-state index contributed by atoms with van der Waals surface area (Å²) in [5.74, 6) is 0.660. The van der Waals surface area contributed by atoms with Gasteiger partial charge in [-0.2, -0.15) is 0 Å². The maximum Gasteiger partial charge on any atom is 0.155 e. The summed E-state index contributed by atoms with van der Waals surface area (Å²) < 4.78 is 5.11. The molecule has 0 unspecified atom stereocenters. The van der Waals surface area contributed by atoms with E-state index in [-0.39, 0.29) is 0 Å². The molecule has 4 nitrogen and oxygen atoms in total. The van der Waals surface area contributed by atoms with Crippen molar-refractivity contribution in [3.05, 3.63) is 18.7 Å². The van der Waals surface area contributed by atoms with Crippen molar-refractivity contribution in [1.82, 2.24) is 9.97 Å². The van der Waals surface area contributed by atoms with Crippen LogP contribution in [0.4, 0.5) is 0 Å². The van der Waals surface area contributed by atoms with Crippen molar-refractivity contribution in [2.75, 3.05) is 13.2 Å². The summed E-state index contributed by atoms with van der Waals surface area (Å²) in [6, 6.07) is 0. The number of hydrogen-bond acceptors (Lipinski definition) is 4. The Hall–Kier alpha value is -1.16. The molecule has 2 N–H and O–H groups in total. The minimum atomic E-state index is 0.507. The van der Waals surface area contributed by atoms with Crippen LogP contribution in [0, 0.1) is 0 Å². The van der Waals surface area contributed by atoms with Crippen LogP contribution in [-0.4, -0.2) is 23.1 Å². The van der Waals surface area contributed by atoms with Gasteiger partial charge in [0.1, 0.15) is 12.9 Å². The molecule has 0 amide bonds. The van der Waals surface area contributed by atoms with Gasteiger partial charge in [0.05, 0.1) is 12.4 Å². The molecule has 4 heteroatoms. The van der Waals surface area contributed by atoms with Crippen LogP contribution in [0.5, 0.6) is 5.75 Å². The Labute approximate surface area is 59.1 Å². The molecule has 0 saturated carbocycles. The second-order valence-electron chi connectivity index (χ2n) is 1.71. The molecule has 0 aliphatic rings. The molecular weight excluding hydrogens is 130 g/mol. The molecule has 1 rings (SSSR count). The standard InChI is InChI=1S/C6H9N3O/c7-1-2-10-6-3-8-5-9-4-6/h3-5H,1-2,7H2. The van der Waals surface area contributed by atoms with E-state index in [2.05, 4.69) is 9.97 Å². The third kappa shape index (κ3) is 1.99. The minimum absolute atomic E-state index is 0.507. The normalized spacial score (nSPS) is 9.30. The van der Waals surface area contributed by atoms with E-state index in [1.165, 1.54) is 6.33 Å². The van der Waals surface area contributed by atoms with Crippen LogP contribution in [0.1, 0.15) is 0 Å². The van der Waals surface area contributed by atoms with Crippen LogP contribution in [0.3, 0.4) is 0 Å². The molecule has 0 aliphatic heterocycles. The van der Waals surface area contributed by atoms with Gasteiger partial charge < -0.3 is 10.5 Å². The van der Waals surface area contributed by atoms with E-state index in [1.54, 1.807) is 12.4 Å². The molecule has 0 fully saturated rings. The zero-order chi connectivity index (χ0) is 7.23. The molecule has 54 valence electrons. The molecule has 1 aromatic rings. The number of aromatic nitrogens is 2. The molecular formula is C6H9N3O. The molecule has 0 radical (unpaired) electrons. The maximum atomic E-state index is 5.21. The first-order valence-corrected chi connectivity index (χ1v) is 3.01. The summed E-state index contributed by atoms with van der Waals surface area (Å²) in [6.45, 7) is 1.02. The van der Waals surface area contributed by atoms with Gasteiger partial charge in [0.2, 0.25) is 0 Å². The van der Waals surface area contributed by atoms with Gasteiger partial charge in [-0.1, -0.05) is 0 Å². The van der Waals surface area contributed by atoms with Crippen LogP contribution in [0.15, 0.2) is 18.7 Å². The van der Waals surface area contributed by atoms with Gasteiger partial charge in [0.25, 0.3) is 0 Å². The summed E-state index contributed by atoms with van der Waals surface area (Å²) in [5.41, 5.74) is 5.21. The number of nitrogens with zero attached hydrogens (tertiary/aromatic N) is 2. The molecule has 0 bridgehead atoms. The molecule has 10 heavy (non-hydrogen) atoms. The number of hydrogen-bond donors (Lipinski definition) is 1. The summed E-state index contributed by atoms with van der Waals surface area (Å²) in [7, 11) is 0. The predicted octanol–water partition coefficient (Wildman–Crippen LogP) is -0.186. The highest BCUT2D eigenvalue weighted by atomic mass is 16.5. The smallest absolute Gasteiger partial charge is 0.155 e. The number of nitrogens with two attached hydrogens (primary N) is 1. The quantitative estimate of drug-likeness (QED) is 0.630. The Bertz CT molecular complexity index is 178. The van der Waals surface area contributed by atoms with Crippen LogP contribution in [0.25, 0.3) is 0 Å². The van der Waals surface area contributed by atoms with E-state index >= 15 is 0 Å². The molecule has 1 aromatic heterocycles. The zero-order valence-electron chi connectivity index (χ0n) is 5.53. The van der Waals surface area contributed by atoms with Crippen LogP contribution >= 0.6 is 0 Å². The highest BCUT2D eigenvalue weighted by Crippen LogP contribution is 2.02. The van der Waals surface area contributed by atoms with Crippen LogP contribution < -0.4 is 10.5 Å². The first-order chi connectivity index (χ1) is 4.93. The second kappa shape index (κ2) is 3.79. The summed E-state index contributed by atoms with van der Waals surface area (Å²) in [5, 5.41) is 0. The van der Waals surface area contributed by atoms with Crippen LogP contribution in [0.2, 0.25) is 0 Å². The average molecular weight is 139 g/mol. The summed E-state index contributed by atoms with van der Waals surface area (Å²) >= 11 is 0. The van der Waals surface area contributed by atoms with Crippen molar-refractivity contribution < 1.29 is 4.74 Å². The van der Waals surface area contributed by atoms with Gasteiger partial charge in [-0.25, -0.2) is 9.97 Å². The monoisotopic (exact) mass is 139 g/mol. The van der Waals surface area contributed by atoms with E-state index in [4.69, 9.17) is 10.5 Å². The number of rotatable bonds is 3. The Balaban J connectivity index is 2.43. The molecule has 0 atom stereocenters. The maximum absolute atomic E-state index is 5.21. The van der Waals surface area contributed by atoms with Gasteiger partial charge in [0.15, 0.2) is 5.75 Å². The highest BCUT2D eigenvalue weighted by molar-refractivity contribution is 5.09. The minimum Gasteiger partial charge on any atom is -0.489 e. The fraction of sp³-hybridized carbons (Fsp3) is 0.333. The third-order valence-corrected chi connectivity index (χ3v) is 0.923. The van der Waals surface area contributed by atoms with Crippen molar-refractivity contribution in [3.63, 3.8) is 0 Å². The Morgan fingerprint density at radius 2 is 2.10 bits per heavy atom. The first-order valence-electron chi connectivity index (χ1n) is 3.01. The van der Waals surface area contributed by atoms with Gasteiger partial charge in [0, 0.05) is 6.54 Å². The second-order valence-corrected chi connectivity index (χ2v) is 1.71. The lowest BCUT2D eigenvalue weighted by Gasteiger charge is -2.00. The zero-order valence-corrected chi connectivity index (χ0v) is 5.53. The van der Waals surface area contributed by atoms with Crippen LogP contribution in [-0.2, 0) is 0 Å². The van der Waals surface area contributed by atoms with Crippen molar-refractivity contribution >= 4 is 0 Å². The average Bonchev–Trinajstić information content (AvgIpc) is 2.03. The lowest BCUT2D eigenvalue weighted by Crippen LogP contribution is -2.10. The van der Waals surface area contributed by atoms with E-state index in [9.17, 15) is 0 Å². The van der Waals surface area contributed by atoms with Crippen molar-refractivity contribution in [2.24, 2.45) is 5.73 Å². The fourth-order valence-corrected chi connectivity index (χ4v) is 0.537. The lowest BCUT2D eigenvalue weighted by atomic mass is 10.6.